The summed E-state index contributed by atoms with van der Waals surface area (Å²) in [4.78, 5) is 7.09. The van der Waals surface area contributed by atoms with E-state index in [4.69, 9.17) is 18.0 Å². The third-order valence-electron chi connectivity index (χ3n) is 3.49. The number of aliphatic hydroxyl groups excluding tert-OH is 1. The van der Waals surface area contributed by atoms with Crippen molar-refractivity contribution < 1.29 is 5.11 Å². The molecule has 98 valence electrons. The molecule has 0 aliphatic carbocycles. The fraction of sp³-hybridized carbons (Fsp3) is 0.538. The van der Waals surface area contributed by atoms with Gasteiger partial charge in [0.15, 0.2) is 0 Å². The van der Waals surface area contributed by atoms with Crippen molar-refractivity contribution in [3.8, 4) is 0 Å². The first kappa shape index (κ1) is 13.2. The molecule has 1 saturated heterocycles. The van der Waals surface area contributed by atoms with E-state index in [-0.39, 0.29) is 6.10 Å². The Morgan fingerprint density at radius 3 is 2.89 bits per heavy atom. The molecule has 1 aliphatic rings. The van der Waals surface area contributed by atoms with E-state index in [0.29, 0.717) is 10.9 Å². The van der Waals surface area contributed by atoms with Crippen LogP contribution in [-0.4, -0.2) is 34.3 Å². The Bertz CT molecular complexity index is 462. The summed E-state index contributed by atoms with van der Waals surface area (Å²) in [6.07, 6.45) is 0.692. The maximum Gasteiger partial charge on any atom is 0.139 e. The number of rotatable bonds is 3. The summed E-state index contributed by atoms with van der Waals surface area (Å²) in [7, 11) is 0. The minimum atomic E-state index is -0.284. The molecule has 0 saturated carbocycles. The third kappa shape index (κ3) is 2.62. The second-order valence-corrected chi connectivity index (χ2v) is 5.36. The molecular weight excluding hydrogens is 246 g/mol. The summed E-state index contributed by atoms with van der Waals surface area (Å²) in [6, 6.07) is 3.84. The van der Waals surface area contributed by atoms with Crippen LogP contribution in [0.3, 0.4) is 0 Å². The molecule has 1 aromatic heterocycles. The first-order valence-corrected chi connectivity index (χ1v) is 6.60. The van der Waals surface area contributed by atoms with Gasteiger partial charge in [-0.3, -0.25) is 0 Å². The number of hydrogen-bond donors (Lipinski definition) is 2. The Morgan fingerprint density at radius 1 is 1.61 bits per heavy atom. The molecule has 18 heavy (non-hydrogen) atoms. The topological polar surface area (TPSA) is 62.4 Å². The average molecular weight is 265 g/mol. The molecule has 0 amide bonds. The van der Waals surface area contributed by atoms with Gasteiger partial charge in [0.2, 0.25) is 0 Å². The number of nitrogens with two attached hydrogens (primary N) is 1. The van der Waals surface area contributed by atoms with Crippen LogP contribution >= 0.6 is 12.2 Å². The number of hydrogen-bond acceptors (Lipinski definition) is 4. The highest BCUT2D eigenvalue weighted by Gasteiger charge is 2.28. The lowest BCUT2D eigenvalue weighted by Crippen LogP contribution is -2.27. The van der Waals surface area contributed by atoms with Crippen LogP contribution in [0.1, 0.15) is 24.6 Å². The minimum absolute atomic E-state index is 0.284. The Balaban J connectivity index is 2.28. The Morgan fingerprint density at radius 2 is 2.33 bits per heavy atom. The van der Waals surface area contributed by atoms with Gasteiger partial charge in [0, 0.05) is 24.7 Å². The van der Waals surface area contributed by atoms with E-state index in [1.165, 1.54) is 0 Å². The van der Waals surface area contributed by atoms with E-state index in [2.05, 4.69) is 9.88 Å². The standard InChI is InChI=1S/C13H19N3OS/c1-8-3-4-11(12(14)18)13(15-8)16-6-5-10(7-16)9(2)17/h3-4,9-10,17H,5-7H2,1-2H3,(H2,14,18). The van der Waals surface area contributed by atoms with Gasteiger partial charge in [-0.25, -0.2) is 4.98 Å². The van der Waals surface area contributed by atoms with Gasteiger partial charge >= 0.3 is 0 Å². The zero-order valence-corrected chi connectivity index (χ0v) is 11.6. The molecule has 2 rings (SSSR count). The van der Waals surface area contributed by atoms with Crippen LogP contribution in [0.25, 0.3) is 0 Å². The largest absolute Gasteiger partial charge is 0.393 e. The smallest absolute Gasteiger partial charge is 0.139 e. The van der Waals surface area contributed by atoms with E-state index >= 15 is 0 Å². The van der Waals surface area contributed by atoms with Gasteiger partial charge in [0.1, 0.15) is 10.8 Å². The van der Waals surface area contributed by atoms with E-state index in [0.717, 1.165) is 36.6 Å². The Kier molecular flexibility index (Phi) is 3.82. The highest BCUT2D eigenvalue weighted by molar-refractivity contribution is 7.80. The van der Waals surface area contributed by atoms with E-state index < -0.39 is 0 Å². The molecule has 2 unspecified atom stereocenters. The maximum absolute atomic E-state index is 9.65. The van der Waals surface area contributed by atoms with Gasteiger partial charge in [-0.05, 0) is 32.4 Å². The van der Waals surface area contributed by atoms with Crippen LogP contribution in [0.5, 0.6) is 0 Å². The fourth-order valence-electron chi connectivity index (χ4n) is 2.35. The molecule has 0 aromatic carbocycles. The van der Waals surface area contributed by atoms with Crippen molar-refractivity contribution in [3.63, 3.8) is 0 Å². The lowest BCUT2D eigenvalue weighted by atomic mass is 10.0. The summed E-state index contributed by atoms with van der Waals surface area (Å²) in [5.41, 5.74) is 7.51. The molecular formula is C13H19N3OS. The van der Waals surface area contributed by atoms with E-state index in [1.54, 1.807) is 0 Å². The molecule has 1 aliphatic heterocycles. The van der Waals surface area contributed by atoms with Gasteiger partial charge in [-0.2, -0.15) is 0 Å². The summed E-state index contributed by atoms with van der Waals surface area (Å²) >= 11 is 5.07. The summed E-state index contributed by atoms with van der Waals surface area (Å²) in [5, 5.41) is 9.65. The molecule has 0 spiro atoms. The predicted octanol–water partition coefficient (Wildman–Crippen LogP) is 1.23. The van der Waals surface area contributed by atoms with Crippen LogP contribution in [0.15, 0.2) is 12.1 Å². The van der Waals surface area contributed by atoms with Crippen molar-refractivity contribution in [3.05, 3.63) is 23.4 Å². The molecule has 2 atom stereocenters. The van der Waals surface area contributed by atoms with Crippen molar-refractivity contribution in [1.29, 1.82) is 0 Å². The molecule has 3 N–H and O–H groups in total. The van der Waals surface area contributed by atoms with Gasteiger partial charge in [0.25, 0.3) is 0 Å². The Hall–Kier alpha value is -1.20. The van der Waals surface area contributed by atoms with Gasteiger partial charge in [-0.15, -0.1) is 0 Å². The normalized spacial score (nSPS) is 21.1. The number of aliphatic hydroxyl groups is 1. The lowest BCUT2D eigenvalue weighted by Gasteiger charge is -2.21. The van der Waals surface area contributed by atoms with Crippen LogP contribution in [0.4, 0.5) is 5.82 Å². The van der Waals surface area contributed by atoms with Crippen molar-refractivity contribution >= 4 is 23.0 Å². The van der Waals surface area contributed by atoms with E-state index in [9.17, 15) is 5.11 Å². The maximum atomic E-state index is 9.65. The van der Waals surface area contributed by atoms with Crippen LogP contribution in [0, 0.1) is 12.8 Å². The number of pyridine rings is 1. The third-order valence-corrected chi connectivity index (χ3v) is 3.71. The fourth-order valence-corrected chi connectivity index (χ4v) is 2.51. The highest BCUT2D eigenvalue weighted by atomic mass is 32.1. The Labute approximate surface area is 113 Å². The number of aryl methyl sites for hydroxylation is 1. The van der Waals surface area contributed by atoms with Gasteiger partial charge in [-0.1, -0.05) is 12.2 Å². The highest BCUT2D eigenvalue weighted by Crippen LogP contribution is 2.27. The van der Waals surface area contributed by atoms with Gasteiger partial charge < -0.3 is 15.7 Å². The number of thiocarbonyl (C=S) groups is 1. The SMILES string of the molecule is Cc1ccc(C(N)=S)c(N2CCC(C(C)O)C2)n1. The van der Waals surface area contributed by atoms with E-state index in [1.807, 2.05) is 26.0 Å². The van der Waals surface area contributed by atoms with Crippen molar-refractivity contribution in [2.45, 2.75) is 26.4 Å². The molecule has 1 aromatic rings. The van der Waals surface area contributed by atoms with Gasteiger partial charge in [0.05, 0.1) is 11.7 Å². The quantitative estimate of drug-likeness (QED) is 0.805. The zero-order chi connectivity index (χ0) is 13.3. The molecule has 2 heterocycles. The molecule has 4 nitrogen and oxygen atoms in total. The zero-order valence-electron chi connectivity index (χ0n) is 10.8. The summed E-state index contributed by atoms with van der Waals surface area (Å²) < 4.78 is 0. The first-order chi connectivity index (χ1) is 8.49. The summed E-state index contributed by atoms with van der Waals surface area (Å²) in [6.45, 7) is 5.49. The second kappa shape index (κ2) is 5.20. The molecule has 1 fully saturated rings. The van der Waals surface area contributed by atoms with Crippen LogP contribution in [0.2, 0.25) is 0 Å². The van der Waals surface area contributed by atoms with Crippen LogP contribution < -0.4 is 10.6 Å². The van der Waals surface area contributed by atoms with Crippen molar-refractivity contribution in [1.82, 2.24) is 4.98 Å². The monoisotopic (exact) mass is 265 g/mol. The predicted molar refractivity (Wildman–Crippen MR) is 76.9 cm³/mol. The minimum Gasteiger partial charge on any atom is -0.393 e. The van der Waals surface area contributed by atoms with Crippen molar-refractivity contribution in [2.24, 2.45) is 11.7 Å². The lowest BCUT2D eigenvalue weighted by molar-refractivity contribution is 0.136. The number of aromatic nitrogens is 1. The second-order valence-electron chi connectivity index (χ2n) is 4.92. The number of anilines is 1. The average Bonchev–Trinajstić information content (AvgIpc) is 2.77. The molecule has 5 heteroatoms. The van der Waals surface area contributed by atoms with Crippen LogP contribution in [-0.2, 0) is 0 Å². The number of nitrogens with zero attached hydrogens (tertiary/aromatic N) is 2. The first-order valence-electron chi connectivity index (χ1n) is 6.19. The summed E-state index contributed by atoms with van der Waals surface area (Å²) in [5.74, 6) is 1.15. The van der Waals surface area contributed by atoms with Crippen molar-refractivity contribution in [2.75, 3.05) is 18.0 Å². The molecule has 0 radical (unpaired) electrons. The molecule has 0 bridgehead atoms.